The summed E-state index contributed by atoms with van der Waals surface area (Å²) in [4.78, 5) is 19.9. The van der Waals surface area contributed by atoms with E-state index in [1.807, 2.05) is 36.4 Å². The quantitative estimate of drug-likeness (QED) is 0.678. The standard InChI is InChI=1S/C14H14O.C5H9NO4/c1-3-7-13(8-4-1)11-15-12-14-9-5-2-6-10-14;6-3(5(9)10)1-2-4(7)8/h1-10H,11-12H2;3H,1-2,6H2,(H,7,8)(H,9,10). The van der Waals surface area contributed by atoms with Crippen molar-refractivity contribution in [2.45, 2.75) is 32.1 Å². The van der Waals surface area contributed by atoms with Crippen LogP contribution < -0.4 is 5.73 Å². The SMILES string of the molecule is NC(CCC(=O)O)C(=O)O.c1ccc(COCc2ccccc2)cc1. The molecular formula is C19H23NO5. The highest BCUT2D eigenvalue weighted by Gasteiger charge is 2.12. The largest absolute Gasteiger partial charge is 0.481 e. The lowest BCUT2D eigenvalue weighted by molar-refractivity contribution is -0.139. The summed E-state index contributed by atoms with van der Waals surface area (Å²) in [7, 11) is 0. The van der Waals surface area contributed by atoms with Gasteiger partial charge in [-0.05, 0) is 17.5 Å². The molecule has 2 rings (SSSR count). The van der Waals surface area contributed by atoms with Gasteiger partial charge in [0.2, 0.25) is 0 Å². The summed E-state index contributed by atoms with van der Waals surface area (Å²) in [6, 6.07) is 19.4. The third-order valence-electron chi connectivity index (χ3n) is 3.21. The minimum atomic E-state index is -1.17. The highest BCUT2D eigenvalue weighted by atomic mass is 16.5. The van der Waals surface area contributed by atoms with E-state index < -0.39 is 18.0 Å². The topological polar surface area (TPSA) is 110 Å². The summed E-state index contributed by atoms with van der Waals surface area (Å²) in [6.07, 6.45) is -0.224. The van der Waals surface area contributed by atoms with Gasteiger partial charge in [0.1, 0.15) is 6.04 Å². The number of carbonyl (C=O) groups is 2. The zero-order chi connectivity index (χ0) is 18.5. The van der Waals surface area contributed by atoms with E-state index in [0.717, 1.165) is 0 Å². The van der Waals surface area contributed by atoms with Crippen molar-refractivity contribution >= 4 is 11.9 Å². The number of nitrogens with two attached hydrogens (primary N) is 1. The minimum absolute atomic E-state index is 0.0231. The van der Waals surface area contributed by atoms with Gasteiger partial charge in [0, 0.05) is 6.42 Å². The normalized spacial score (nSPS) is 11.1. The molecule has 1 atom stereocenters. The van der Waals surface area contributed by atoms with E-state index in [9.17, 15) is 9.59 Å². The van der Waals surface area contributed by atoms with Crippen LogP contribution in [0.1, 0.15) is 24.0 Å². The Labute approximate surface area is 146 Å². The predicted molar refractivity (Wildman–Crippen MR) is 93.9 cm³/mol. The zero-order valence-corrected chi connectivity index (χ0v) is 13.9. The molecule has 6 heteroatoms. The molecule has 6 nitrogen and oxygen atoms in total. The molecule has 0 bridgehead atoms. The molecule has 0 saturated heterocycles. The molecule has 0 amide bonds. The molecule has 4 N–H and O–H groups in total. The van der Waals surface area contributed by atoms with Crippen LogP contribution in [0, 0.1) is 0 Å². The molecule has 0 aromatic heterocycles. The van der Waals surface area contributed by atoms with Crippen molar-refractivity contribution in [2.24, 2.45) is 5.73 Å². The summed E-state index contributed by atoms with van der Waals surface area (Å²) in [5.41, 5.74) is 7.43. The van der Waals surface area contributed by atoms with Gasteiger partial charge >= 0.3 is 11.9 Å². The van der Waals surface area contributed by atoms with Crippen molar-refractivity contribution in [3.63, 3.8) is 0 Å². The average Bonchev–Trinajstić information content (AvgIpc) is 2.62. The number of benzene rings is 2. The molecule has 0 saturated carbocycles. The Kier molecular flexibility index (Phi) is 9.58. The van der Waals surface area contributed by atoms with Crippen molar-refractivity contribution in [1.82, 2.24) is 0 Å². The van der Waals surface area contributed by atoms with Crippen molar-refractivity contribution < 1.29 is 24.5 Å². The number of carboxylic acids is 2. The van der Waals surface area contributed by atoms with Crippen LogP contribution in [0.15, 0.2) is 60.7 Å². The third kappa shape index (κ3) is 9.91. The molecule has 25 heavy (non-hydrogen) atoms. The summed E-state index contributed by atoms with van der Waals surface area (Å²) in [6.45, 7) is 1.35. The smallest absolute Gasteiger partial charge is 0.320 e. The van der Waals surface area contributed by atoms with E-state index in [4.69, 9.17) is 20.7 Å². The van der Waals surface area contributed by atoms with E-state index in [-0.39, 0.29) is 12.8 Å². The van der Waals surface area contributed by atoms with E-state index in [2.05, 4.69) is 24.3 Å². The molecule has 2 aromatic rings. The molecule has 0 aliphatic heterocycles. The van der Waals surface area contributed by atoms with E-state index in [0.29, 0.717) is 13.2 Å². The fourth-order valence-corrected chi connectivity index (χ4v) is 1.84. The van der Waals surface area contributed by atoms with Crippen LogP contribution in [0.4, 0.5) is 0 Å². The van der Waals surface area contributed by atoms with Gasteiger partial charge in [0.15, 0.2) is 0 Å². The Morgan fingerprint density at radius 3 is 1.68 bits per heavy atom. The predicted octanol–water partition coefficient (Wildman–Crippen LogP) is 2.67. The molecular weight excluding hydrogens is 322 g/mol. The molecule has 0 aliphatic rings. The Balaban J connectivity index is 0.000000275. The first-order chi connectivity index (χ1) is 12.0. The Morgan fingerprint density at radius 1 is 0.880 bits per heavy atom. The van der Waals surface area contributed by atoms with Crippen molar-refractivity contribution in [3.8, 4) is 0 Å². The maximum Gasteiger partial charge on any atom is 0.320 e. The van der Waals surface area contributed by atoms with Gasteiger partial charge in [0.25, 0.3) is 0 Å². The first-order valence-corrected chi connectivity index (χ1v) is 7.85. The Hall–Kier alpha value is -2.70. The van der Waals surface area contributed by atoms with Crippen LogP contribution >= 0.6 is 0 Å². The highest BCUT2D eigenvalue weighted by molar-refractivity contribution is 5.74. The molecule has 0 aliphatic carbocycles. The van der Waals surface area contributed by atoms with Crippen molar-refractivity contribution in [3.05, 3.63) is 71.8 Å². The molecule has 2 aromatic carbocycles. The number of aliphatic carboxylic acids is 2. The third-order valence-corrected chi connectivity index (χ3v) is 3.21. The summed E-state index contributed by atoms with van der Waals surface area (Å²) >= 11 is 0. The number of carboxylic acid groups (broad SMARTS) is 2. The average molecular weight is 345 g/mol. The summed E-state index contributed by atoms with van der Waals surface area (Å²) in [5.74, 6) is -2.20. The maximum atomic E-state index is 9.99. The second-order valence-electron chi connectivity index (χ2n) is 5.34. The van der Waals surface area contributed by atoms with Gasteiger partial charge in [-0.15, -0.1) is 0 Å². The second kappa shape index (κ2) is 11.8. The van der Waals surface area contributed by atoms with Gasteiger partial charge in [-0.25, -0.2) is 0 Å². The van der Waals surface area contributed by atoms with Gasteiger partial charge in [-0.2, -0.15) is 0 Å². The summed E-state index contributed by atoms with van der Waals surface area (Å²) in [5, 5.41) is 16.3. The van der Waals surface area contributed by atoms with Gasteiger partial charge in [-0.1, -0.05) is 60.7 Å². The second-order valence-corrected chi connectivity index (χ2v) is 5.34. The van der Waals surface area contributed by atoms with Crippen LogP contribution in [0.3, 0.4) is 0 Å². The van der Waals surface area contributed by atoms with Crippen LogP contribution in [-0.2, 0) is 27.5 Å². The van der Waals surface area contributed by atoms with Crippen molar-refractivity contribution in [2.75, 3.05) is 0 Å². The first-order valence-electron chi connectivity index (χ1n) is 7.85. The van der Waals surface area contributed by atoms with E-state index in [1.165, 1.54) is 11.1 Å². The molecule has 0 spiro atoms. The minimum Gasteiger partial charge on any atom is -0.481 e. The van der Waals surface area contributed by atoms with Crippen molar-refractivity contribution in [1.29, 1.82) is 0 Å². The molecule has 1 unspecified atom stereocenters. The lowest BCUT2D eigenvalue weighted by Crippen LogP contribution is -2.30. The van der Waals surface area contributed by atoms with Gasteiger partial charge < -0.3 is 20.7 Å². The lowest BCUT2D eigenvalue weighted by Gasteiger charge is -2.03. The Morgan fingerprint density at radius 2 is 1.32 bits per heavy atom. The van der Waals surface area contributed by atoms with E-state index in [1.54, 1.807) is 0 Å². The molecule has 0 heterocycles. The number of hydrogen-bond acceptors (Lipinski definition) is 4. The number of ether oxygens (including phenoxy) is 1. The monoisotopic (exact) mass is 345 g/mol. The first kappa shape index (κ1) is 20.3. The van der Waals surface area contributed by atoms with Crippen LogP contribution in [0.5, 0.6) is 0 Å². The summed E-state index contributed by atoms with van der Waals surface area (Å²) < 4.78 is 5.61. The molecule has 134 valence electrons. The zero-order valence-electron chi connectivity index (χ0n) is 13.9. The number of hydrogen-bond donors (Lipinski definition) is 3. The fraction of sp³-hybridized carbons (Fsp3) is 0.263. The van der Waals surface area contributed by atoms with Gasteiger partial charge in [-0.3, -0.25) is 9.59 Å². The lowest BCUT2D eigenvalue weighted by atomic mass is 10.2. The highest BCUT2D eigenvalue weighted by Crippen LogP contribution is 2.05. The number of rotatable bonds is 8. The fourth-order valence-electron chi connectivity index (χ4n) is 1.84. The molecule has 0 fully saturated rings. The van der Waals surface area contributed by atoms with E-state index >= 15 is 0 Å². The van der Waals surface area contributed by atoms with Crippen LogP contribution in [0.25, 0.3) is 0 Å². The molecule has 0 radical (unpaired) electrons. The maximum absolute atomic E-state index is 9.99. The van der Waals surface area contributed by atoms with Gasteiger partial charge in [0.05, 0.1) is 13.2 Å². The van der Waals surface area contributed by atoms with Crippen LogP contribution in [-0.4, -0.2) is 28.2 Å². The Bertz CT molecular complexity index is 591. The van der Waals surface area contributed by atoms with Crippen LogP contribution in [0.2, 0.25) is 0 Å².